The molecule has 3 nitrogen and oxygen atoms in total. The number of hydrogen-bond donors (Lipinski definition) is 2. The van der Waals surface area contributed by atoms with E-state index in [9.17, 15) is 4.79 Å². The van der Waals surface area contributed by atoms with Crippen molar-refractivity contribution in [2.24, 2.45) is 5.41 Å². The van der Waals surface area contributed by atoms with Gasteiger partial charge in [-0.05, 0) is 37.8 Å². The Hall–Kier alpha value is -0.870. The standard InChI is InChI=1S/C15H24N2OS/c1-14(2,12-6-4-9-19-12)10-17-13(18)15(3)7-5-8-16-11-15/h4,6,9,16H,5,7-8,10-11H2,1-3H3,(H,17,18). The van der Waals surface area contributed by atoms with Crippen LogP contribution in [0.15, 0.2) is 17.5 Å². The lowest BCUT2D eigenvalue weighted by Crippen LogP contribution is -2.50. The van der Waals surface area contributed by atoms with Gasteiger partial charge in [0.1, 0.15) is 0 Å². The van der Waals surface area contributed by atoms with E-state index in [4.69, 9.17) is 0 Å². The highest BCUT2D eigenvalue weighted by Gasteiger charge is 2.35. The van der Waals surface area contributed by atoms with Gasteiger partial charge in [0.05, 0.1) is 5.41 Å². The average Bonchev–Trinajstić information content (AvgIpc) is 2.91. The van der Waals surface area contributed by atoms with Crippen molar-refractivity contribution in [1.82, 2.24) is 10.6 Å². The van der Waals surface area contributed by atoms with Crippen LogP contribution in [0, 0.1) is 5.41 Å². The van der Waals surface area contributed by atoms with Crippen molar-refractivity contribution in [3.05, 3.63) is 22.4 Å². The van der Waals surface area contributed by atoms with E-state index in [1.54, 1.807) is 11.3 Å². The van der Waals surface area contributed by atoms with Crippen LogP contribution < -0.4 is 10.6 Å². The van der Waals surface area contributed by atoms with E-state index in [0.29, 0.717) is 6.54 Å². The number of thiophene rings is 1. The second kappa shape index (κ2) is 5.63. The van der Waals surface area contributed by atoms with Crippen LogP contribution in [-0.4, -0.2) is 25.5 Å². The summed E-state index contributed by atoms with van der Waals surface area (Å²) in [7, 11) is 0. The summed E-state index contributed by atoms with van der Waals surface area (Å²) in [5.74, 6) is 0.185. The molecule has 4 heteroatoms. The molecule has 1 aromatic heterocycles. The van der Waals surface area contributed by atoms with Crippen molar-refractivity contribution in [3.8, 4) is 0 Å². The lowest BCUT2D eigenvalue weighted by Gasteiger charge is -2.34. The number of hydrogen-bond acceptors (Lipinski definition) is 3. The smallest absolute Gasteiger partial charge is 0.227 e. The zero-order valence-corrected chi connectivity index (χ0v) is 12.9. The molecule has 1 aliphatic rings. The van der Waals surface area contributed by atoms with Gasteiger partial charge >= 0.3 is 0 Å². The van der Waals surface area contributed by atoms with Gasteiger partial charge in [0, 0.05) is 23.4 Å². The van der Waals surface area contributed by atoms with Gasteiger partial charge in [0.25, 0.3) is 0 Å². The fourth-order valence-electron chi connectivity index (χ4n) is 2.52. The zero-order chi connectivity index (χ0) is 13.9. The summed E-state index contributed by atoms with van der Waals surface area (Å²) in [6.07, 6.45) is 2.06. The minimum absolute atomic E-state index is 0.00226. The van der Waals surface area contributed by atoms with Gasteiger partial charge in [-0.25, -0.2) is 0 Å². The van der Waals surface area contributed by atoms with Crippen molar-refractivity contribution < 1.29 is 4.79 Å². The summed E-state index contributed by atoms with van der Waals surface area (Å²) in [5, 5.41) is 8.56. The topological polar surface area (TPSA) is 41.1 Å². The Kier molecular flexibility index (Phi) is 4.31. The molecule has 2 rings (SSSR count). The quantitative estimate of drug-likeness (QED) is 0.890. The predicted octanol–water partition coefficient (Wildman–Crippen LogP) is 2.53. The molecule has 2 heterocycles. The maximum atomic E-state index is 12.4. The molecule has 1 aromatic rings. The average molecular weight is 280 g/mol. The molecule has 0 aromatic carbocycles. The second-order valence-electron chi connectivity index (χ2n) is 6.38. The SMILES string of the molecule is CC1(C(=O)NCC(C)(C)c2cccs2)CCCNC1. The number of carbonyl (C=O) groups is 1. The molecule has 2 N–H and O–H groups in total. The van der Waals surface area contributed by atoms with Crippen LogP contribution in [0.3, 0.4) is 0 Å². The van der Waals surface area contributed by atoms with E-state index in [1.807, 2.05) is 0 Å². The van der Waals surface area contributed by atoms with E-state index < -0.39 is 0 Å². The fourth-order valence-corrected chi connectivity index (χ4v) is 3.37. The van der Waals surface area contributed by atoms with Gasteiger partial charge in [-0.15, -0.1) is 11.3 Å². The molecular weight excluding hydrogens is 256 g/mol. The Bertz CT molecular complexity index is 419. The number of nitrogens with one attached hydrogen (secondary N) is 2. The first-order chi connectivity index (χ1) is 8.94. The molecule has 0 saturated carbocycles. The van der Waals surface area contributed by atoms with Gasteiger partial charge in [-0.2, -0.15) is 0 Å². The summed E-state index contributed by atoms with van der Waals surface area (Å²) in [6, 6.07) is 4.21. The molecule has 0 spiro atoms. The van der Waals surface area contributed by atoms with Crippen LogP contribution in [0.4, 0.5) is 0 Å². The first-order valence-electron chi connectivity index (χ1n) is 6.97. The molecule has 1 amide bonds. The lowest BCUT2D eigenvalue weighted by molar-refractivity contribution is -0.131. The summed E-state index contributed by atoms with van der Waals surface area (Å²) in [6.45, 7) is 8.94. The molecule has 1 fully saturated rings. The maximum Gasteiger partial charge on any atom is 0.227 e. The van der Waals surface area contributed by atoms with Gasteiger partial charge in [-0.1, -0.05) is 19.9 Å². The summed E-state index contributed by atoms with van der Waals surface area (Å²) >= 11 is 1.75. The Morgan fingerprint density at radius 2 is 2.37 bits per heavy atom. The Morgan fingerprint density at radius 1 is 1.58 bits per heavy atom. The first kappa shape index (κ1) is 14.5. The van der Waals surface area contributed by atoms with Crippen LogP contribution in [0.2, 0.25) is 0 Å². The van der Waals surface area contributed by atoms with E-state index in [0.717, 1.165) is 25.9 Å². The highest BCUT2D eigenvalue weighted by Crippen LogP contribution is 2.28. The lowest BCUT2D eigenvalue weighted by atomic mass is 9.81. The largest absolute Gasteiger partial charge is 0.355 e. The maximum absolute atomic E-state index is 12.4. The number of rotatable bonds is 4. The van der Waals surface area contributed by atoms with E-state index in [1.165, 1.54) is 4.88 Å². The van der Waals surface area contributed by atoms with Crippen molar-refractivity contribution >= 4 is 17.2 Å². The van der Waals surface area contributed by atoms with Crippen molar-refractivity contribution in [1.29, 1.82) is 0 Å². The molecule has 1 saturated heterocycles. The normalized spacial score (nSPS) is 24.2. The molecule has 1 unspecified atom stereocenters. The van der Waals surface area contributed by atoms with E-state index in [-0.39, 0.29) is 16.7 Å². The third-order valence-electron chi connectivity index (χ3n) is 4.02. The van der Waals surface area contributed by atoms with Crippen LogP contribution in [0.1, 0.15) is 38.5 Å². The Morgan fingerprint density at radius 3 is 2.95 bits per heavy atom. The predicted molar refractivity (Wildman–Crippen MR) is 80.6 cm³/mol. The van der Waals surface area contributed by atoms with Crippen LogP contribution in [-0.2, 0) is 10.2 Å². The van der Waals surface area contributed by atoms with E-state index >= 15 is 0 Å². The summed E-state index contributed by atoms with van der Waals surface area (Å²) in [5.41, 5.74) is -0.244. The van der Waals surface area contributed by atoms with Crippen molar-refractivity contribution in [2.45, 2.75) is 39.0 Å². The minimum atomic E-state index is -0.246. The number of amides is 1. The molecule has 19 heavy (non-hydrogen) atoms. The minimum Gasteiger partial charge on any atom is -0.355 e. The number of piperidine rings is 1. The molecule has 106 valence electrons. The summed E-state index contributed by atoms with van der Waals surface area (Å²) < 4.78 is 0. The van der Waals surface area contributed by atoms with Crippen LogP contribution >= 0.6 is 11.3 Å². The summed E-state index contributed by atoms with van der Waals surface area (Å²) in [4.78, 5) is 13.7. The highest BCUT2D eigenvalue weighted by atomic mass is 32.1. The van der Waals surface area contributed by atoms with Crippen molar-refractivity contribution in [3.63, 3.8) is 0 Å². The van der Waals surface area contributed by atoms with Crippen LogP contribution in [0.5, 0.6) is 0 Å². The first-order valence-corrected chi connectivity index (χ1v) is 7.85. The zero-order valence-electron chi connectivity index (χ0n) is 12.1. The van der Waals surface area contributed by atoms with Gasteiger partial charge in [0.15, 0.2) is 0 Å². The third-order valence-corrected chi connectivity index (χ3v) is 5.26. The molecule has 0 radical (unpaired) electrons. The fraction of sp³-hybridized carbons (Fsp3) is 0.667. The monoisotopic (exact) mass is 280 g/mol. The Balaban J connectivity index is 1.93. The second-order valence-corrected chi connectivity index (χ2v) is 7.33. The Labute approximate surface area is 119 Å². The van der Waals surface area contributed by atoms with E-state index in [2.05, 4.69) is 48.9 Å². The molecule has 0 bridgehead atoms. The molecular formula is C15H24N2OS. The van der Waals surface area contributed by atoms with Gasteiger partial charge < -0.3 is 10.6 Å². The van der Waals surface area contributed by atoms with Crippen molar-refractivity contribution in [2.75, 3.05) is 19.6 Å². The highest BCUT2D eigenvalue weighted by molar-refractivity contribution is 7.10. The molecule has 0 aliphatic carbocycles. The van der Waals surface area contributed by atoms with Gasteiger partial charge in [-0.3, -0.25) is 4.79 Å². The van der Waals surface area contributed by atoms with Gasteiger partial charge in [0.2, 0.25) is 5.91 Å². The molecule has 1 atom stereocenters. The third kappa shape index (κ3) is 3.37. The number of carbonyl (C=O) groups excluding carboxylic acids is 1. The molecule has 1 aliphatic heterocycles. The van der Waals surface area contributed by atoms with Crippen LogP contribution in [0.25, 0.3) is 0 Å².